The topological polar surface area (TPSA) is 173 Å². The van der Waals surface area contributed by atoms with Gasteiger partial charge in [0.05, 0.1) is 36.3 Å². The molecule has 0 unspecified atom stereocenters. The number of fused-ring (bicyclic) bond motifs is 1. The molecule has 2 heterocycles. The second kappa shape index (κ2) is 12.5. The van der Waals surface area contributed by atoms with Gasteiger partial charge in [0.1, 0.15) is 5.00 Å². The minimum atomic E-state index is -3.98. The first-order valence-electron chi connectivity index (χ1n) is 11.5. The number of carbonyl (C=O) groups is 3. The van der Waals surface area contributed by atoms with E-state index in [9.17, 15) is 22.8 Å². The third kappa shape index (κ3) is 6.11. The van der Waals surface area contributed by atoms with E-state index in [4.69, 9.17) is 15.3 Å². The number of hydrogen-bond donors (Lipinski definition) is 2. The number of hydrogen-bond acceptors (Lipinski definition) is 9. The Morgan fingerprint density at radius 3 is 2.29 bits per heavy atom. The molecule has 0 saturated carbocycles. The lowest BCUT2D eigenvalue weighted by Gasteiger charge is -2.25. The number of benzene rings is 1. The van der Waals surface area contributed by atoms with Gasteiger partial charge in [-0.1, -0.05) is 0 Å². The summed E-state index contributed by atoms with van der Waals surface area (Å²) < 4.78 is 31.9. The predicted molar refractivity (Wildman–Crippen MR) is 138 cm³/mol. The SMILES string of the molecule is CNC(=O)c1c(NC(=O)c2ccc(S(=O)(=O)N(CCC#N)CCC#N)cc2)sc2c1CCN(C(=O)OC)C2. The standard InChI is InChI=1S/C24H26N6O6S2/c1-27-22(32)20-18-9-14-29(24(33)36-2)15-19(18)37-23(20)28-21(31)16-5-7-17(8-6-16)38(34,35)30(12-3-10-25)13-4-11-26/h5-8H,3-4,9,12-15H2,1-2H3,(H,27,32)(H,28,31). The Kier molecular flexibility index (Phi) is 9.41. The molecule has 0 aliphatic carbocycles. The Bertz CT molecular complexity index is 1390. The van der Waals surface area contributed by atoms with Crippen molar-refractivity contribution >= 4 is 44.3 Å². The quantitative estimate of drug-likeness (QED) is 0.472. The van der Waals surface area contributed by atoms with Crippen molar-refractivity contribution in [1.29, 1.82) is 10.5 Å². The zero-order valence-corrected chi connectivity index (χ0v) is 22.4. The van der Waals surface area contributed by atoms with E-state index in [0.717, 1.165) is 14.7 Å². The number of methoxy groups -OCH3 is 1. The summed E-state index contributed by atoms with van der Waals surface area (Å²) in [4.78, 5) is 39.8. The first-order chi connectivity index (χ1) is 18.2. The molecule has 0 fully saturated rings. The molecular weight excluding hydrogens is 532 g/mol. The van der Waals surface area contributed by atoms with E-state index in [-0.39, 0.29) is 48.8 Å². The fourth-order valence-corrected chi connectivity index (χ4v) is 6.64. The van der Waals surface area contributed by atoms with Crippen LogP contribution in [0.5, 0.6) is 0 Å². The number of carbonyl (C=O) groups excluding carboxylic acids is 3. The van der Waals surface area contributed by atoms with Gasteiger partial charge >= 0.3 is 6.09 Å². The molecule has 0 radical (unpaired) electrons. The molecule has 2 aromatic rings. The Hall–Kier alpha value is -3.98. The Morgan fingerprint density at radius 1 is 1.11 bits per heavy atom. The third-order valence-electron chi connectivity index (χ3n) is 5.87. The van der Waals surface area contributed by atoms with E-state index < -0.39 is 22.0 Å². The van der Waals surface area contributed by atoms with Crippen molar-refractivity contribution in [2.75, 3.05) is 39.1 Å². The maximum Gasteiger partial charge on any atom is 0.409 e. The number of amides is 3. The number of sulfonamides is 1. The van der Waals surface area contributed by atoms with E-state index >= 15 is 0 Å². The number of ether oxygens (including phenoxy) is 1. The number of rotatable bonds is 9. The molecule has 1 aromatic carbocycles. The molecule has 3 amide bonds. The summed E-state index contributed by atoms with van der Waals surface area (Å²) in [6, 6.07) is 9.05. The van der Waals surface area contributed by atoms with Crippen molar-refractivity contribution < 1.29 is 27.5 Å². The zero-order chi connectivity index (χ0) is 27.9. The summed E-state index contributed by atoms with van der Waals surface area (Å²) in [6.07, 6.45) is -0.118. The van der Waals surface area contributed by atoms with Gasteiger partial charge in [0.15, 0.2) is 0 Å². The van der Waals surface area contributed by atoms with Gasteiger partial charge in [-0.3, -0.25) is 9.59 Å². The molecule has 12 nitrogen and oxygen atoms in total. The molecule has 0 spiro atoms. The van der Waals surface area contributed by atoms with Crippen LogP contribution in [0.4, 0.5) is 9.80 Å². The molecule has 0 atom stereocenters. The number of anilines is 1. The average molecular weight is 559 g/mol. The third-order valence-corrected chi connectivity index (χ3v) is 8.92. The number of thiophene rings is 1. The fraction of sp³-hybridized carbons (Fsp3) is 0.375. The van der Waals surface area contributed by atoms with Crippen LogP contribution in [0.3, 0.4) is 0 Å². The van der Waals surface area contributed by atoms with Gasteiger partial charge in [-0.15, -0.1) is 11.3 Å². The highest BCUT2D eigenvalue weighted by Gasteiger charge is 2.31. The summed E-state index contributed by atoms with van der Waals surface area (Å²) in [5.74, 6) is -0.922. The Balaban J connectivity index is 1.84. The lowest BCUT2D eigenvalue weighted by atomic mass is 10.0. The Morgan fingerprint density at radius 2 is 1.74 bits per heavy atom. The lowest BCUT2D eigenvalue weighted by molar-refractivity contribution is 0.0962. The van der Waals surface area contributed by atoms with Crippen LogP contribution in [-0.4, -0.2) is 69.3 Å². The largest absolute Gasteiger partial charge is 0.453 e. The van der Waals surface area contributed by atoms with Crippen LogP contribution >= 0.6 is 11.3 Å². The zero-order valence-electron chi connectivity index (χ0n) is 20.8. The predicted octanol–water partition coefficient (Wildman–Crippen LogP) is 2.30. The van der Waals surface area contributed by atoms with Gasteiger partial charge in [-0.25, -0.2) is 13.2 Å². The summed E-state index contributed by atoms with van der Waals surface area (Å²) in [5, 5.41) is 23.3. The van der Waals surface area contributed by atoms with E-state index in [0.29, 0.717) is 23.5 Å². The smallest absolute Gasteiger partial charge is 0.409 e. The molecule has 1 aromatic heterocycles. The van der Waals surface area contributed by atoms with E-state index in [1.54, 1.807) is 0 Å². The highest BCUT2D eigenvalue weighted by Crippen LogP contribution is 2.37. The first-order valence-corrected chi connectivity index (χ1v) is 13.8. The average Bonchev–Trinajstić information content (AvgIpc) is 3.28. The summed E-state index contributed by atoms with van der Waals surface area (Å²) in [6.45, 7) is 0.500. The normalized spacial score (nSPS) is 12.7. The van der Waals surface area contributed by atoms with Crippen molar-refractivity contribution in [3.05, 3.63) is 45.8 Å². The van der Waals surface area contributed by atoms with Crippen molar-refractivity contribution in [3.63, 3.8) is 0 Å². The maximum absolute atomic E-state index is 13.0. The summed E-state index contributed by atoms with van der Waals surface area (Å²) >= 11 is 1.19. The molecule has 0 bridgehead atoms. The van der Waals surface area contributed by atoms with Gasteiger partial charge in [-0.05, 0) is 36.2 Å². The lowest BCUT2D eigenvalue weighted by Crippen LogP contribution is -2.35. The number of nitriles is 2. The van der Waals surface area contributed by atoms with E-state index in [2.05, 4.69) is 10.6 Å². The van der Waals surface area contributed by atoms with Gasteiger partial charge < -0.3 is 20.3 Å². The summed E-state index contributed by atoms with van der Waals surface area (Å²) in [5.41, 5.74) is 1.24. The first kappa shape index (κ1) is 28.6. The van der Waals surface area contributed by atoms with Gasteiger partial charge in [0.2, 0.25) is 10.0 Å². The molecule has 1 aliphatic rings. The molecule has 2 N–H and O–H groups in total. The molecule has 200 valence electrons. The fourth-order valence-electron chi connectivity index (χ4n) is 3.95. The molecule has 1 aliphatic heterocycles. The molecule has 38 heavy (non-hydrogen) atoms. The van der Waals surface area contributed by atoms with E-state index in [1.165, 1.54) is 54.7 Å². The molecule has 14 heteroatoms. The van der Waals surface area contributed by atoms with Crippen molar-refractivity contribution in [2.24, 2.45) is 0 Å². The van der Waals surface area contributed by atoms with Crippen LogP contribution in [0, 0.1) is 22.7 Å². The van der Waals surface area contributed by atoms with Crippen molar-refractivity contribution in [1.82, 2.24) is 14.5 Å². The number of nitrogens with zero attached hydrogens (tertiary/aromatic N) is 4. The minimum Gasteiger partial charge on any atom is -0.453 e. The van der Waals surface area contributed by atoms with Crippen LogP contribution in [0.2, 0.25) is 0 Å². The monoisotopic (exact) mass is 558 g/mol. The van der Waals surface area contributed by atoms with Crippen LogP contribution in [0.25, 0.3) is 0 Å². The summed E-state index contributed by atoms with van der Waals surface area (Å²) in [7, 11) is -1.20. The second-order valence-corrected chi connectivity index (χ2v) is 11.2. The van der Waals surface area contributed by atoms with Gasteiger partial charge in [0.25, 0.3) is 11.8 Å². The second-order valence-electron chi connectivity index (χ2n) is 8.13. The highest BCUT2D eigenvalue weighted by molar-refractivity contribution is 7.89. The Labute approximate surface area is 224 Å². The highest BCUT2D eigenvalue weighted by atomic mass is 32.2. The van der Waals surface area contributed by atoms with Gasteiger partial charge in [-0.2, -0.15) is 14.8 Å². The minimum absolute atomic E-state index is 0.0268. The van der Waals surface area contributed by atoms with Crippen LogP contribution in [-0.2, 0) is 27.7 Å². The van der Waals surface area contributed by atoms with Crippen molar-refractivity contribution in [3.8, 4) is 12.1 Å². The maximum atomic E-state index is 13.0. The van der Waals surface area contributed by atoms with Gasteiger partial charge in [0, 0.05) is 50.0 Å². The molecular formula is C24H26N6O6S2. The van der Waals surface area contributed by atoms with Crippen LogP contribution in [0.15, 0.2) is 29.2 Å². The van der Waals surface area contributed by atoms with Crippen LogP contribution in [0.1, 0.15) is 44.0 Å². The molecule has 3 rings (SSSR count). The van der Waals surface area contributed by atoms with Crippen LogP contribution < -0.4 is 10.6 Å². The van der Waals surface area contributed by atoms with Crippen molar-refractivity contribution in [2.45, 2.75) is 30.7 Å². The molecule has 0 saturated heterocycles. The van der Waals surface area contributed by atoms with E-state index in [1.807, 2.05) is 12.1 Å². The number of nitrogens with one attached hydrogen (secondary N) is 2.